The van der Waals surface area contributed by atoms with Gasteiger partial charge in [0.05, 0.1) is 6.61 Å². The first-order valence-corrected chi connectivity index (χ1v) is 4.07. The van der Waals surface area contributed by atoms with Crippen LogP contribution in [0.3, 0.4) is 0 Å². The molecule has 1 unspecified atom stereocenters. The molecule has 0 aromatic heterocycles. The predicted molar refractivity (Wildman–Crippen MR) is 34.7 cm³/mol. The van der Waals surface area contributed by atoms with Gasteiger partial charge in [-0.15, -0.1) is 4.90 Å². The lowest BCUT2D eigenvalue weighted by atomic mass is 10.2. The number of morpholine rings is 1. The monoisotopic (exact) mass is 293 g/mol. The second-order valence-electron chi connectivity index (χ2n) is 3.21. The van der Waals surface area contributed by atoms with Crippen LogP contribution in [0.15, 0.2) is 0 Å². The number of alkyl halides is 9. The Morgan fingerprint density at radius 1 is 0.889 bits per heavy atom. The molecule has 0 saturated carbocycles. The fourth-order valence-corrected chi connectivity index (χ4v) is 1.17. The summed E-state index contributed by atoms with van der Waals surface area (Å²) < 4.78 is 116. The molecule has 0 aromatic rings. The molecule has 0 radical (unpaired) electrons. The smallest absolute Gasteiger partial charge is 0.392 e. The summed E-state index contributed by atoms with van der Waals surface area (Å²) in [5.41, 5.74) is 0. The molecule has 108 valence electrons. The summed E-state index contributed by atoms with van der Waals surface area (Å²) >= 11 is 0. The normalized spacial score (nSPS) is 31.0. The SMILES string of the molecule is OCC(F)N1C(F)(F)C(F)(F)OC(F)(F)C1(F)F. The Labute approximate surface area is 92.7 Å². The molecule has 0 aliphatic carbocycles. The number of hydrogen-bond acceptors (Lipinski definition) is 3. The van der Waals surface area contributed by atoms with Crippen molar-refractivity contribution in [1.82, 2.24) is 4.90 Å². The molecule has 0 aromatic carbocycles. The molecule has 18 heavy (non-hydrogen) atoms. The first kappa shape index (κ1) is 15.3. The van der Waals surface area contributed by atoms with Crippen LogP contribution in [-0.4, -0.2) is 47.2 Å². The topological polar surface area (TPSA) is 32.7 Å². The van der Waals surface area contributed by atoms with Crippen molar-refractivity contribution in [3.05, 3.63) is 0 Å². The molecule has 1 heterocycles. The summed E-state index contributed by atoms with van der Waals surface area (Å²) in [5.74, 6) is 0. The average Bonchev–Trinajstić information content (AvgIpc) is 2.12. The van der Waals surface area contributed by atoms with Crippen molar-refractivity contribution in [3.8, 4) is 0 Å². The molecule has 3 nitrogen and oxygen atoms in total. The van der Waals surface area contributed by atoms with E-state index < -0.39 is 42.1 Å². The number of halogens is 9. The van der Waals surface area contributed by atoms with Gasteiger partial charge in [-0.2, -0.15) is 35.1 Å². The highest BCUT2D eigenvalue weighted by Gasteiger charge is 2.84. The zero-order valence-electron chi connectivity index (χ0n) is 7.99. The Balaban J connectivity index is 3.38. The van der Waals surface area contributed by atoms with Gasteiger partial charge in [-0.3, -0.25) is 0 Å². The van der Waals surface area contributed by atoms with Crippen molar-refractivity contribution in [3.63, 3.8) is 0 Å². The summed E-state index contributed by atoms with van der Waals surface area (Å²) in [6, 6.07) is -12.2. The van der Waals surface area contributed by atoms with Gasteiger partial charge < -0.3 is 5.11 Å². The Kier molecular flexibility index (Phi) is 3.29. The Morgan fingerprint density at radius 2 is 1.22 bits per heavy atom. The minimum Gasteiger partial charge on any atom is -0.392 e. The largest absolute Gasteiger partial charge is 0.439 e. The Bertz CT molecular complexity index is 307. The third-order valence-electron chi connectivity index (χ3n) is 1.99. The molecule has 1 rings (SSSR count). The highest BCUT2D eigenvalue weighted by atomic mass is 19.4. The summed E-state index contributed by atoms with van der Waals surface area (Å²) in [4.78, 5) is -2.41. The lowest BCUT2D eigenvalue weighted by molar-refractivity contribution is -0.571. The van der Waals surface area contributed by atoms with Gasteiger partial charge in [-0.25, -0.2) is 9.13 Å². The number of hydrogen-bond donors (Lipinski definition) is 1. The van der Waals surface area contributed by atoms with Gasteiger partial charge in [0.2, 0.25) is 0 Å². The fraction of sp³-hybridized carbons (Fsp3) is 1.00. The van der Waals surface area contributed by atoms with Crippen molar-refractivity contribution >= 4 is 0 Å². The third-order valence-corrected chi connectivity index (χ3v) is 1.99. The standard InChI is InChI=1S/C6H4F9NO2/c7-2(1-17)16-3(8,9)5(12,13)18-6(14,15)4(16,10)11/h2,17H,1H2. The van der Waals surface area contributed by atoms with Crippen molar-refractivity contribution in [2.24, 2.45) is 0 Å². The Morgan fingerprint density at radius 3 is 1.50 bits per heavy atom. The minimum atomic E-state index is -6.08. The molecule has 12 heteroatoms. The van der Waals surface area contributed by atoms with Crippen LogP contribution >= 0.6 is 0 Å². The van der Waals surface area contributed by atoms with Gasteiger partial charge in [0, 0.05) is 0 Å². The first-order valence-electron chi connectivity index (χ1n) is 4.07. The molecule has 1 atom stereocenters. The minimum absolute atomic E-state index is 2.06. The molecule has 1 fully saturated rings. The second kappa shape index (κ2) is 3.87. The van der Waals surface area contributed by atoms with Crippen LogP contribution in [0.5, 0.6) is 0 Å². The molecule has 1 aliphatic heterocycles. The van der Waals surface area contributed by atoms with Crippen LogP contribution < -0.4 is 0 Å². The lowest BCUT2D eigenvalue weighted by Crippen LogP contribution is -2.75. The van der Waals surface area contributed by atoms with E-state index in [2.05, 4.69) is 4.74 Å². The van der Waals surface area contributed by atoms with Gasteiger partial charge >= 0.3 is 24.3 Å². The van der Waals surface area contributed by atoms with E-state index in [4.69, 9.17) is 5.11 Å². The summed E-state index contributed by atoms with van der Waals surface area (Å²) in [5, 5.41) is 8.08. The number of aliphatic hydroxyl groups excluding tert-OH is 1. The van der Waals surface area contributed by atoms with E-state index in [1.807, 2.05) is 0 Å². The molecular weight excluding hydrogens is 289 g/mol. The molecule has 1 aliphatic rings. The van der Waals surface area contributed by atoms with Crippen molar-refractivity contribution in [2.45, 2.75) is 30.6 Å². The van der Waals surface area contributed by atoms with Gasteiger partial charge in [-0.05, 0) is 0 Å². The van der Waals surface area contributed by atoms with Crippen LogP contribution in [-0.2, 0) is 4.74 Å². The predicted octanol–water partition coefficient (Wildman–Crippen LogP) is 1.98. The lowest BCUT2D eigenvalue weighted by Gasteiger charge is -2.47. The molecular formula is C6H4F9NO2. The molecule has 1 N–H and O–H groups in total. The van der Waals surface area contributed by atoms with E-state index in [0.717, 1.165) is 0 Å². The molecule has 1 saturated heterocycles. The summed E-state index contributed by atoms with van der Waals surface area (Å²) in [6.45, 7) is -2.13. The van der Waals surface area contributed by atoms with Crippen molar-refractivity contribution in [2.75, 3.05) is 6.61 Å². The maximum atomic E-state index is 12.8. The van der Waals surface area contributed by atoms with Crippen LogP contribution in [0.2, 0.25) is 0 Å². The molecule has 0 bridgehead atoms. The van der Waals surface area contributed by atoms with Gasteiger partial charge in [0.1, 0.15) is 0 Å². The molecule has 0 spiro atoms. The van der Waals surface area contributed by atoms with E-state index in [9.17, 15) is 39.5 Å². The van der Waals surface area contributed by atoms with Crippen LogP contribution in [0, 0.1) is 0 Å². The number of nitrogens with zero attached hydrogens (tertiary/aromatic N) is 1. The third kappa shape index (κ3) is 1.82. The number of aliphatic hydroxyl groups is 1. The quantitative estimate of drug-likeness (QED) is 0.624. The van der Waals surface area contributed by atoms with Gasteiger partial charge in [0.25, 0.3) is 0 Å². The zero-order valence-corrected chi connectivity index (χ0v) is 7.99. The highest BCUT2D eigenvalue weighted by Crippen LogP contribution is 2.56. The summed E-state index contributed by atoms with van der Waals surface area (Å²) in [7, 11) is 0. The van der Waals surface area contributed by atoms with Gasteiger partial charge in [-0.1, -0.05) is 0 Å². The van der Waals surface area contributed by atoms with E-state index in [0.29, 0.717) is 0 Å². The van der Waals surface area contributed by atoms with Gasteiger partial charge in [0.15, 0.2) is 6.30 Å². The second-order valence-corrected chi connectivity index (χ2v) is 3.21. The van der Waals surface area contributed by atoms with E-state index >= 15 is 0 Å². The molecule has 0 amide bonds. The van der Waals surface area contributed by atoms with Crippen LogP contribution in [0.25, 0.3) is 0 Å². The van der Waals surface area contributed by atoms with Crippen LogP contribution in [0.1, 0.15) is 0 Å². The number of rotatable bonds is 2. The number of ether oxygens (including phenoxy) is 1. The zero-order chi connectivity index (χ0) is 14.6. The van der Waals surface area contributed by atoms with E-state index in [-0.39, 0.29) is 0 Å². The highest BCUT2D eigenvalue weighted by molar-refractivity contribution is 4.95. The van der Waals surface area contributed by atoms with Crippen LogP contribution in [0.4, 0.5) is 39.5 Å². The first-order chi connectivity index (χ1) is 7.81. The maximum absolute atomic E-state index is 12.8. The summed E-state index contributed by atoms with van der Waals surface area (Å²) in [6.07, 6.45) is -16.0. The average molecular weight is 293 g/mol. The van der Waals surface area contributed by atoms with E-state index in [1.54, 1.807) is 0 Å². The van der Waals surface area contributed by atoms with Crippen molar-refractivity contribution < 1.29 is 49.4 Å². The Hall–Kier alpha value is -0.750. The van der Waals surface area contributed by atoms with Crippen molar-refractivity contribution in [1.29, 1.82) is 0 Å². The van der Waals surface area contributed by atoms with E-state index in [1.165, 1.54) is 0 Å². The maximum Gasteiger partial charge on any atom is 0.439 e. The fourth-order valence-electron chi connectivity index (χ4n) is 1.17.